The maximum atomic E-state index is 5.96. The molecular weight excluding hydrogens is 386 g/mol. The molecule has 0 fully saturated rings. The molecule has 2 heterocycles. The second-order valence-electron chi connectivity index (χ2n) is 7.31. The van der Waals surface area contributed by atoms with Crippen molar-refractivity contribution in [2.45, 2.75) is 6.92 Å². The third-order valence-electron chi connectivity index (χ3n) is 5.05. The largest absolute Gasteiger partial charge is 0.415 e. The first-order chi connectivity index (χ1) is 15.0. The van der Waals surface area contributed by atoms with Crippen molar-refractivity contribution in [1.82, 2.24) is 25.1 Å². The van der Waals surface area contributed by atoms with E-state index in [1.165, 1.54) is 0 Å². The van der Waals surface area contributed by atoms with Crippen molar-refractivity contribution in [3.8, 4) is 34.3 Å². The molecule has 2 aromatic carbocycles. The predicted molar refractivity (Wildman–Crippen MR) is 124 cm³/mol. The van der Waals surface area contributed by atoms with Gasteiger partial charge in [0.2, 0.25) is 5.89 Å². The number of benzene rings is 2. The summed E-state index contributed by atoms with van der Waals surface area (Å²) < 4.78 is 5.96. The van der Waals surface area contributed by atoms with Crippen LogP contribution in [0, 0.1) is 6.92 Å². The molecule has 6 heteroatoms. The summed E-state index contributed by atoms with van der Waals surface area (Å²) in [5.41, 5.74) is 6.71. The fraction of sp³-hybridized carbons (Fsp3) is 0.120. The molecule has 0 bridgehead atoms. The lowest BCUT2D eigenvalue weighted by molar-refractivity contribution is 0.581. The summed E-state index contributed by atoms with van der Waals surface area (Å²) in [6.45, 7) is 9.82. The Hall–Kier alpha value is -4.06. The standard InChI is InChI=1S/C25H23N5O/c1-6-18-9-7-8-10-21(18)24-28-29-25(31-24)23-16(2)26-15-22(27-23)20-13-11-19(12-14-20)17(3)30(4)5/h6-15H,1,3H2,2,4-5H3. The third-order valence-corrected chi connectivity index (χ3v) is 5.05. The number of rotatable bonds is 6. The molecule has 2 aromatic heterocycles. The molecule has 0 atom stereocenters. The Morgan fingerprint density at radius 3 is 2.42 bits per heavy atom. The molecule has 0 N–H and O–H groups in total. The Morgan fingerprint density at radius 1 is 1.00 bits per heavy atom. The van der Waals surface area contributed by atoms with Crippen LogP contribution >= 0.6 is 0 Å². The number of hydrogen-bond acceptors (Lipinski definition) is 6. The summed E-state index contributed by atoms with van der Waals surface area (Å²) in [6, 6.07) is 15.8. The zero-order valence-corrected chi connectivity index (χ0v) is 17.8. The molecule has 0 saturated carbocycles. The van der Waals surface area contributed by atoms with Crippen molar-refractivity contribution >= 4 is 11.8 Å². The third kappa shape index (κ3) is 4.00. The van der Waals surface area contributed by atoms with Gasteiger partial charge in [-0.25, -0.2) is 4.98 Å². The maximum absolute atomic E-state index is 5.96. The Morgan fingerprint density at radius 2 is 1.71 bits per heavy atom. The molecule has 31 heavy (non-hydrogen) atoms. The normalized spacial score (nSPS) is 10.7. The summed E-state index contributed by atoms with van der Waals surface area (Å²) >= 11 is 0. The van der Waals surface area contributed by atoms with Gasteiger partial charge in [0, 0.05) is 30.9 Å². The average Bonchev–Trinajstić information content (AvgIpc) is 3.29. The number of aryl methyl sites for hydroxylation is 1. The molecule has 0 aliphatic carbocycles. The summed E-state index contributed by atoms with van der Waals surface area (Å²) in [6.07, 6.45) is 3.51. The van der Waals surface area contributed by atoms with Gasteiger partial charge in [-0.15, -0.1) is 10.2 Å². The highest BCUT2D eigenvalue weighted by atomic mass is 16.4. The van der Waals surface area contributed by atoms with Crippen LogP contribution in [0.2, 0.25) is 0 Å². The van der Waals surface area contributed by atoms with Gasteiger partial charge in [0.15, 0.2) is 0 Å². The summed E-state index contributed by atoms with van der Waals surface area (Å²) in [5.74, 6) is 0.752. The summed E-state index contributed by atoms with van der Waals surface area (Å²) in [4.78, 5) is 11.2. The van der Waals surface area contributed by atoms with Crippen molar-refractivity contribution in [3.05, 3.63) is 84.7 Å². The number of nitrogens with zero attached hydrogens (tertiary/aromatic N) is 5. The van der Waals surface area contributed by atoms with E-state index in [1.807, 2.05) is 74.4 Å². The molecule has 0 unspecified atom stereocenters. The highest BCUT2D eigenvalue weighted by Crippen LogP contribution is 2.29. The molecule has 0 radical (unpaired) electrons. The van der Waals surface area contributed by atoms with Gasteiger partial charge in [0.25, 0.3) is 5.89 Å². The van der Waals surface area contributed by atoms with Crippen LogP contribution in [-0.2, 0) is 0 Å². The molecule has 0 amide bonds. The van der Waals surface area contributed by atoms with E-state index >= 15 is 0 Å². The smallest absolute Gasteiger partial charge is 0.268 e. The fourth-order valence-electron chi connectivity index (χ4n) is 3.18. The lowest BCUT2D eigenvalue weighted by atomic mass is 10.1. The van der Waals surface area contributed by atoms with Gasteiger partial charge in [0.05, 0.1) is 17.6 Å². The summed E-state index contributed by atoms with van der Waals surface area (Å²) in [5, 5.41) is 8.44. The summed E-state index contributed by atoms with van der Waals surface area (Å²) in [7, 11) is 3.94. The minimum atomic E-state index is 0.332. The Bertz CT molecular complexity index is 1260. The monoisotopic (exact) mass is 409 g/mol. The van der Waals surface area contributed by atoms with Gasteiger partial charge in [-0.2, -0.15) is 0 Å². The van der Waals surface area contributed by atoms with Crippen LogP contribution in [0.3, 0.4) is 0 Å². The van der Waals surface area contributed by atoms with E-state index in [1.54, 1.807) is 12.3 Å². The van der Waals surface area contributed by atoms with Crippen LogP contribution in [0.25, 0.3) is 46.1 Å². The van der Waals surface area contributed by atoms with Gasteiger partial charge in [-0.3, -0.25) is 4.98 Å². The molecule has 0 aliphatic heterocycles. The van der Waals surface area contributed by atoms with Gasteiger partial charge in [-0.05, 0) is 24.1 Å². The molecule has 0 aliphatic rings. The van der Waals surface area contributed by atoms with Crippen molar-refractivity contribution in [2.75, 3.05) is 14.1 Å². The van der Waals surface area contributed by atoms with E-state index in [4.69, 9.17) is 9.40 Å². The SMILES string of the molecule is C=Cc1ccccc1-c1nnc(-c2nc(-c3ccc(C(=C)N(C)C)cc3)cnc2C)o1. The lowest BCUT2D eigenvalue weighted by Gasteiger charge is -2.16. The molecule has 4 rings (SSSR count). The van der Waals surface area contributed by atoms with Crippen molar-refractivity contribution in [2.24, 2.45) is 0 Å². The molecular formula is C25H23N5O. The minimum Gasteiger partial charge on any atom is -0.415 e. The number of aromatic nitrogens is 4. The van der Waals surface area contributed by atoms with Gasteiger partial charge in [-0.1, -0.05) is 61.7 Å². The van der Waals surface area contributed by atoms with Crippen molar-refractivity contribution in [1.29, 1.82) is 0 Å². The first-order valence-electron chi connectivity index (χ1n) is 9.84. The zero-order valence-electron chi connectivity index (χ0n) is 17.8. The van der Waals surface area contributed by atoms with Crippen LogP contribution in [-0.4, -0.2) is 39.2 Å². The minimum absolute atomic E-state index is 0.332. The zero-order chi connectivity index (χ0) is 22.0. The highest BCUT2D eigenvalue weighted by Gasteiger charge is 2.17. The molecule has 0 spiro atoms. The molecule has 0 saturated heterocycles. The second kappa shape index (κ2) is 8.36. The van der Waals surface area contributed by atoms with E-state index in [0.717, 1.165) is 33.6 Å². The molecule has 6 nitrogen and oxygen atoms in total. The van der Waals surface area contributed by atoms with Crippen LogP contribution in [0.1, 0.15) is 16.8 Å². The van der Waals surface area contributed by atoms with Crippen LogP contribution in [0.4, 0.5) is 0 Å². The predicted octanol–water partition coefficient (Wildman–Crippen LogP) is 5.34. The highest BCUT2D eigenvalue weighted by molar-refractivity contribution is 5.70. The van der Waals surface area contributed by atoms with Crippen molar-refractivity contribution in [3.63, 3.8) is 0 Å². The molecule has 4 aromatic rings. The van der Waals surface area contributed by atoms with E-state index in [2.05, 4.69) is 28.3 Å². The number of hydrogen-bond donors (Lipinski definition) is 0. The first-order valence-corrected chi connectivity index (χ1v) is 9.84. The van der Waals surface area contributed by atoms with E-state index in [0.29, 0.717) is 23.2 Å². The van der Waals surface area contributed by atoms with E-state index < -0.39 is 0 Å². The topological polar surface area (TPSA) is 67.9 Å². The van der Waals surface area contributed by atoms with Crippen LogP contribution < -0.4 is 0 Å². The van der Waals surface area contributed by atoms with Gasteiger partial charge in [0.1, 0.15) is 5.69 Å². The van der Waals surface area contributed by atoms with Crippen molar-refractivity contribution < 1.29 is 4.42 Å². The van der Waals surface area contributed by atoms with E-state index in [-0.39, 0.29) is 0 Å². The van der Waals surface area contributed by atoms with Crippen LogP contribution in [0.15, 0.2) is 72.3 Å². The van der Waals surface area contributed by atoms with E-state index in [9.17, 15) is 0 Å². The molecule has 154 valence electrons. The fourth-order valence-corrected chi connectivity index (χ4v) is 3.18. The second-order valence-corrected chi connectivity index (χ2v) is 7.31. The van der Waals surface area contributed by atoms with Gasteiger partial charge < -0.3 is 9.32 Å². The Balaban J connectivity index is 1.69. The quantitative estimate of drug-likeness (QED) is 0.428. The van der Waals surface area contributed by atoms with Gasteiger partial charge >= 0.3 is 0 Å². The first kappa shape index (κ1) is 20.2. The average molecular weight is 409 g/mol. The maximum Gasteiger partial charge on any atom is 0.268 e. The Kier molecular flexibility index (Phi) is 5.45. The lowest BCUT2D eigenvalue weighted by Crippen LogP contribution is -2.08. The Labute approximate surface area is 181 Å². The van der Waals surface area contributed by atoms with Crippen LogP contribution in [0.5, 0.6) is 0 Å².